The van der Waals surface area contributed by atoms with Crippen LogP contribution in [0.4, 0.5) is 5.69 Å². The number of rotatable bonds is 5. The number of Topliss-reactive ketones (excluding diaryl/α,β-unsaturated/α-hetero) is 2. The molecule has 0 radical (unpaired) electrons. The minimum absolute atomic E-state index is 0.128. The smallest absolute Gasteiger partial charge is 0.340 e. The molecule has 1 aromatic carbocycles. The van der Waals surface area contributed by atoms with Crippen molar-refractivity contribution in [2.24, 2.45) is 0 Å². The quantitative estimate of drug-likeness (QED) is 0.448. The van der Waals surface area contributed by atoms with Crippen molar-refractivity contribution in [2.75, 3.05) is 5.73 Å². The number of hydrogen-bond acceptors (Lipinski definition) is 5. The van der Waals surface area contributed by atoms with E-state index in [1.807, 2.05) is 0 Å². The van der Waals surface area contributed by atoms with Crippen molar-refractivity contribution >= 4 is 39.2 Å². The Balaban J connectivity index is 2.24. The number of halogens is 1. The van der Waals surface area contributed by atoms with Crippen LogP contribution in [0.2, 0.25) is 0 Å². The highest BCUT2D eigenvalue weighted by Gasteiger charge is 2.26. The molecule has 0 fully saturated rings. The SMILES string of the molecule is CC(=O)c1c(C)[nH]c(C(=O)[C@H](C)OC(=O)c2cc(Br)ccc2N)c1C. The standard InChI is InChI=1S/C18H19BrN2O4/c1-8-15(10(3)22)9(2)21-16(8)17(23)11(4)25-18(24)13-7-12(19)5-6-14(13)20/h5-7,11,21H,20H2,1-4H3/t11-/m0/s1. The Bertz CT molecular complexity index is 870. The lowest BCUT2D eigenvalue weighted by Gasteiger charge is -2.13. The average molecular weight is 407 g/mol. The molecule has 6 nitrogen and oxygen atoms in total. The molecule has 0 aliphatic carbocycles. The van der Waals surface area contributed by atoms with Gasteiger partial charge in [-0.3, -0.25) is 9.59 Å². The Labute approximate surface area is 153 Å². The van der Waals surface area contributed by atoms with E-state index in [1.165, 1.54) is 19.9 Å². The Morgan fingerprint density at radius 3 is 2.44 bits per heavy atom. The third-order valence-electron chi connectivity index (χ3n) is 3.92. The van der Waals surface area contributed by atoms with Crippen LogP contribution in [-0.2, 0) is 4.74 Å². The Kier molecular flexibility index (Phi) is 5.47. The van der Waals surface area contributed by atoms with Gasteiger partial charge in [0.1, 0.15) is 0 Å². The second kappa shape index (κ2) is 7.23. The maximum Gasteiger partial charge on any atom is 0.340 e. The number of hydrogen-bond donors (Lipinski definition) is 2. The van der Waals surface area contributed by atoms with Crippen LogP contribution in [0.15, 0.2) is 22.7 Å². The van der Waals surface area contributed by atoms with Crippen LogP contribution in [0.1, 0.15) is 56.3 Å². The molecular weight excluding hydrogens is 388 g/mol. The summed E-state index contributed by atoms with van der Waals surface area (Å²) in [6, 6.07) is 4.81. The molecule has 0 aliphatic rings. The minimum atomic E-state index is -1.03. The van der Waals surface area contributed by atoms with Crippen molar-refractivity contribution in [1.29, 1.82) is 0 Å². The van der Waals surface area contributed by atoms with Crippen LogP contribution in [0.3, 0.4) is 0 Å². The first-order valence-electron chi connectivity index (χ1n) is 7.63. The van der Waals surface area contributed by atoms with Crippen LogP contribution >= 0.6 is 15.9 Å². The van der Waals surface area contributed by atoms with Crippen molar-refractivity contribution < 1.29 is 19.1 Å². The first kappa shape index (κ1) is 18.9. The number of carbonyl (C=O) groups excluding carboxylic acids is 3. The Morgan fingerprint density at radius 2 is 1.88 bits per heavy atom. The summed E-state index contributed by atoms with van der Waals surface area (Å²) in [5.74, 6) is -1.22. The fourth-order valence-electron chi connectivity index (χ4n) is 2.71. The van der Waals surface area contributed by atoms with E-state index in [2.05, 4.69) is 20.9 Å². The van der Waals surface area contributed by atoms with Crippen molar-refractivity contribution in [3.05, 3.63) is 50.8 Å². The highest BCUT2D eigenvalue weighted by Crippen LogP contribution is 2.22. The number of ether oxygens (including phenoxy) is 1. The fraction of sp³-hybridized carbons (Fsp3) is 0.278. The molecule has 25 heavy (non-hydrogen) atoms. The number of nitrogens with one attached hydrogen (secondary N) is 1. The monoisotopic (exact) mass is 406 g/mol. The summed E-state index contributed by atoms with van der Waals surface area (Å²) in [6.07, 6.45) is -1.03. The number of ketones is 2. The lowest BCUT2D eigenvalue weighted by Crippen LogP contribution is -2.25. The van der Waals surface area contributed by atoms with Gasteiger partial charge in [-0.15, -0.1) is 0 Å². The topological polar surface area (TPSA) is 102 Å². The maximum atomic E-state index is 12.6. The van der Waals surface area contributed by atoms with Gasteiger partial charge in [0, 0.05) is 21.4 Å². The molecule has 132 valence electrons. The summed E-state index contributed by atoms with van der Waals surface area (Å²) in [6.45, 7) is 6.34. The van der Waals surface area contributed by atoms with E-state index >= 15 is 0 Å². The van der Waals surface area contributed by atoms with Gasteiger partial charge in [-0.2, -0.15) is 0 Å². The maximum absolute atomic E-state index is 12.6. The number of nitrogen functional groups attached to an aromatic ring is 1. The normalized spacial score (nSPS) is 11.9. The number of carbonyl (C=O) groups is 3. The van der Waals surface area contributed by atoms with Gasteiger partial charge in [-0.25, -0.2) is 4.79 Å². The van der Waals surface area contributed by atoms with Crippen LogP contribution < -0.4 is 5.73 Å². The molecule has 0 amide bonds. The van der Waals surface area contributed by atoms with Gasteiger partial charge < -0.3 is 15.5 Å². The first-order chi connectivity index (χ1) is 11.6. The van der Waals surface area contributed by atoms with E-state index < -0.39 is 17.9 Å². The number of nitrogens with two attached hydrogens (primary N) is 1. The number of aromatic amines is 1. The lowest BCUT2D eigenvalue weighted by molar-refractivity contribution is 0.0318. The third kappa shape index (κ3) is 3.82. The van der Waals surface area contributed by atoms with Crippen molar-refractivity contribution in [3.63, 3.8) is 0 Å². The van der Waals surface area contributed by atoms with Crippen LogP contribution in [-0.4, -0.2) is 28.6 Å². The summed E-state index contributed by atoms with van der Waals surface area (Å²) >= 11 is 3.26. The summed E-state index contributed by atoms with van der Waals surface area (Å²) < 4.78 is 5.93. The molecule has 0 spiro atoms. The predicted octanol–water partition coefficient (Wildman–Crippen LogP) is 3.61. The molecule has 2 aromatic rings. The number of H-pyrrole nitrogens is 1. The molecular formula is C18H19BrN2O4. The van der Waals surface area contributed by atoms with E-state index in [4.69, 9.17) is 10.5 Å². The van der Waals surface area contributed by atoms with E-state index in [-0.39, 0.29) is 22.7 Å². The second-order valence-corrected chi connectivity index (χ2v) is 6.74. The fourth-order valence-corrected chi connectivity index (χ4v) is 3.07. The molecule has 0 unspecified atom stereocenters. The molecule has 2 rings (SSSR count). The van der Waals surface area contributed by atoms with Crippen molar-refractivity contribution in [3.8, 4) is 0 Å². The highest BCUT2D eigenvalue weighted by atomic mass is 79.9. The summed E-state index contributed by atoms with van der Waals surface area (Å²) in [4.78, 5) is 39.5. The molecule has 3 N–H and O–H groups in total. The molecule has 1 heterocycles. The van der Waals surface area contributed by atoms with Crippen LogP contribution in [0.25, 0.3) is 0 Å². The van der Waals surface area contributed by atoms with Gasteiger partial charge in [0.05, 0.1) is 11.3 Å². The van der Waals surface area contributed by atoms with Crippen LogP contribution in [0, 0.1) is 13.8 Å². The van der Waals surface area contributed by atoms with Gasteiger partial charge in [0.15, 0.2) is 11.9 Å². The number of anilines is 1. The highest BCUT2D eigenvalue weighted by molar-refractivity contribution is 9.10. The molecule has 0 saturated heterocycles. The average Bonchev–Trinajstić information content (AvgIpc) is 2.83. The number of esters is 1. The molecule has 0 saturated carbocycles. The van der Waals surface area contributed by atoms with Gasteiger partial charge in [-0.05, 0) is 51.5 Å². The Hall–Kier alpha value is -2.41. The van der Waals surface area contributed by atoms with E-state index in [0.29, 0.717) is 21.3 Å². The van der Waals surface area contributed by atoms with Crippen molar-refractivity contribution in [2.45, 2.75) is 33.8 Å². The minimum Gasteiger partial charge on any atom is -0.451 e. The van der Waals surface area contributed by atoms with Gasteiger partial charge in [0.2, 0.25) is 5.78 Å². The van der Waals surface area contributed by atoms with Crippen LogP contribution in [0.5, 0.6) is 0 Å². The lowest BCUT2D eigenvalue weighted by atomic mass is 10.0. The zero-order chi connectivity index (χ0) is 18.9. The third-order valence-corrected chi connectivity index (χ3v) is 4.42. The molecule has 1 atom stereocenters. The summed E-state index contributed by atoms with van der Waals surface area (Å²) in [5.41, 5.74) is 8.15. The number of aryl methyl sites for hydroxylation is 1. The zero-order valence-corrected chi connectivity index (χ0v) is 16.0. The molecule has 1 aromatic heterocycles. The van der Waals surface area contributed by atoms with Gasteiger partial charge in [-0.1, -0.05) is 15.9 Å². The van der Waals surface area contributed by atoms with E-state index in [9.17, 15) is 14.4 Å². The van der Waals surface area contributed by atoms with Gasteiger partial charge >= 0.3 is 5.97 Å². The zero-order valence-electron chi connectivity index (χ0n) is 14.4. The largest absolute Gasteiger partial charge is 0.451 e. The van der Waals surface area contributed by atoms with E-state index in [1.54, 1.807) is 26.0 Å². The summed E-state index contributed by atoms with van der Waals surface area (Å²) in [5, 5.41) is 0. The van der Waals surface area contributed by atoms with E-state index in [0.717, 1.165) is 0 Å². The van der Waals surface area contributed by atoms with Gasteiger partial charge in [0.25, 0.3) is 0 Å². The number of aromatic nitrogens is 1. The first-order valence-corrected chi connectivity index (χ1v) is 8.43. The van der Waals surface area contributed by atoms with Crippen molar-refractivity contribution in [1.82, 2.24) is 4.98 Å². The molecule has 0 bridgehead atoms. The summed E-state index contributed by atoms with van der Waals surface area (Å²) in [7, 11) is 0. The molecule has 0 aliphatic heterocycles. The second-order valence-electron chi connectivity index (χ2n) is 5.82. The molecule has 7 heteroatoms. The Morgan fingerprint density at radius 1 is 1.24 bits per heavy atom. The number of benzene rings is 1. The predicted molar refractivity (Wildman–Crippen MR) is 98.0 cm³/mol.